The van der Waals surface area contributed by atoms with E-state index in [2.05, 4.69) is 10.1 Å². The fourth-order valence-electron chi connectivity index (χ4n) is 3.05. The van der Waals surface area contributed by atoms with Crippen LogP contribution in [0.1, 0.15) is 65.9 Å². The zero-order valence-electron chi connectivity index (χ0n) is 22.0. The summed E-state index contributed by atoms with van der Waals surface area (Å²) in [6, 6.07) is 3.60. The number of carbonyl (C=O) groups is 4. The number of rotatable bonds is 15. The first-order chi connectivity index (χ1) is 16.9. The predicted molar refractivity (Wildman–Crippen MR) is 132 cm³/mol. The predicted octanol–water partition coefficient (Wildman–Crippen LogP) is 4.13. The molecule has 0 aliphatic heterocycles. The second-order valence-corrected chi connectivity index (χ2v) is 9.48. The lowest BCUT2D eigenvalue weighted by Gasteiger charge is -2.19. The minimum Gasteiger partial charge on any atom is -0.480 e. The molecule has 0 fully saturated rings. The summed E-state index contributed by atoms with van der Waals surface area (Å²) in [6.07, 6.45) is 0.265. The highest BCUT2D eigenvalue weighted by molar-refractivity contribution is 5.77. The van der Waals surface area contributed by atoms with Gasteiger partial charge < -0.3 is 29.4 Å². The molecule has 0 saturated carbocycles. The standard InChI is InChI=1S/C26H39NO9/c1-16(2)7-11-23(28)35-21-10-9-19(14-22(21)36-24(29)12-8-17(3)4)13-20(25(30)31)27-15-18(5)34-26(32)33-6/h9-10,14,16-18,20,27H,7-8,11-13,15H2,1-6H3,(H,30,31)/t18?,20-/m0/s1. The van der Waals surface area contributed by atoms with Crippen molar-refractivity contribution in [1.82, 2.24) is 5.32 Å². The van der Waals surface area contributed by atoms with Crippen LogP contribution in [-0.4, -0.2) is 55.0 Å². The Kier molecular flexibility index (Phi) is 13.5. The van der Waals surface area contributed by atoms with Crippen LogP contribution >= 0.6 is 0 Å². The number of hydrogen-bond acceptors (Lipinski definition) is 9. The number of carbonyl (C=O) groups excluding carboxylic acids is 3. The molecule has 0 spiro atoms. The molecule has 10 nitrogen and oxygen atoms in total. The summed E-state index contributed by atoms with van der Waals surface area (Å²) in [5.74, 6) is -1.22. The first kappa shape index (κ1) is 30.9. The van der Waals surface area contributed by atoms with Gasteiger partial charge in [-0.25, -0.2) is 4.79 Å². The van der Waals surface area contributed by atoms with Crippen LogP contribution in [0.4, 0.5) is 4.79 Å². The molecule has 1 aromatic carbocycles. The minimum absolute atomic E-state index is 0.0401. The molecule has 36 heavy (non-hydrogen) atoms. The zero-order valence-corrected chi connectivity index (χ0v) is 22.0. The zero-order chi connectivity index (χ0) is 27.3. The van der Waals surface area contributed by atoms with Crippen LogP contribution in [0.3, 0.4) is 0 Å². The summed E-state index contributed by atoms with van der Waals surface area (Å²) in [4.78, 5) is 47.7. The van der Waals surface area contributed by atoms with Crippen molar-refractivity contribution in [2.75, 3.05) is 13.7 Å². The first-order valence-electron chi connectivity index (χ1n) is 12.2. The van der Waals surface area contributed by atoms with E-state index in [1.54, 1.807) is 13.0 Å². The van der Waals surface area contributed by atoms with E-state index in [-0.39, 0.29) is 37.3 Å². The van der Waals surface area contributed by atoms with E-state index < -0.39 is 36.2 Å². The lowest BCUT2D eigenvalue weighted by Crippen LogP contribution is -2.42. The van der Waals surface area contributed by atoms with Gasteiger partial charge in [0.25, 0.3) is 0 Å². The molecule has 202 valence electrons. The van der Waals surface area contributed by atoms with Crippen LogP contribution < -0.4 is 14.8 Å². The molecule has 1 unspecified atom stereocenters. The molecule has 0 radical (unpaired) electrons. The van der Waals surface area contributed by atoms with Gasteiger partial charge in [-0.2, -0.15) is 0 Å². The molecule has 1 aromatic rings. The van der Waals surface area contributed by atoms with Crippen molar-refractivity contribution >= 4 is 24.1 Å². The van der Waals surface area contributed by atoms with E-state index in [1.165, 1.54) is 19.2 Å². The van der Waals surface area contributed by atoms with E-state index in [0.29, 0.717) is 30.2 Å². The van der Waals surface area contributed by atoms with Gasteiger partial charge in [0.2, 0.25) is 0 Å². The molecule has 2 N–H and O–H groups in total. The molecule has 0 aromatic heterocycles. The van der Waals surface area contributed by atoms with Crippen LogP contribution in [0.25, 0.3) is 0 Å². The van der Waals surface area contributed by atoms with Gasteiger partial charge in [0.1, 0.15) is 12.1 Å². The third-order valence-corrected chi connectivity index (χ3v) is 5.16. The SMILES string of the molecule is COC(=O)OC(C)CN[C@@H](Cc1ccc(OC(=O)CCC(C)C)c(OC(=O)CCC(C)C)c1)C(=O)O. The Hall–Kier alpha value is -3.14. The fourth-order valence-corrected chi connectivity index (χ4v) is 3.05. The third kappa shape index (κ3) is 12.5. The molecule has 2 atom stereocenters. The first-order valence-corrected chi connectivity index (χ1v) is 12.2. The number of carboxylic acid groups (broad SMARTS) is 1. The normalized spacial score (nSPS) is 12.7. The Labute approximate surface area is 212 Å². The van der Waals surface area contributed by atoms with Crippen molar-refractivity contribution in [3.63, 3.8) is 0 Å². The second-order valence-electron chi connectivity index (χ2n) is 9.48. The van der Waals surface area contributed by atoms with Gasteiger partial charge in [0, 0.05) is 19.4 Å². The van der Waals surface area contributed by atoms with E-state index >= 15 is 0 Å². The Morgan fingerprint density at radius 2 is 1.44 bits per heavy atom. The molecular formula is C26H39NO9. The maximum atomic E-state index is 12.4. The summed E-state index contributed by atoms with van der Waals surface area (Å²) >= 11 is 0. The highest BCUT2D eigenvalue weighted by atomic mass is 16.7. The Bertz CT molecular complexity index is 882. The summed E-state index contributed by atoms with van der Waals surface area (Å²) < 4.78 is 20.3. The van der Waals surface area contributed by atoms with E-state index in [0.717, 1.165) is 0 Å². The van der Waals surface area contributed by atoms with E-state index in [9.17, 15) is 24.3 Å². The Morgan fingerprint density at radius 3 is 1.94 bits per heavy atom. The summed E-state index contributed by atoms with van der Waals surface area (Å²) in [6.45, 7) is 9.66. The topological polar surface area (TPSA) is 137 Å². The Morgan fingerprint density at radius 1 is 0.889 bits per heavy atom. The quantitative estimate of drug-likeness (QED) is 0.262. The molecule has 0 saturated heterocycles. The van der Waals surface area contributed by atoms with E-state index in [4.69, 9.17) is 14.2 Å². The average Bonchev–Trinajstić information content (AvgIpc) is 2.80. The maximum absolute atomic E-state index is 12.4. The molecule has 10 heteroatoms. The van der Waals surface area contributed by atoms with Crippen LogP contribution in [0.15, 0.2) is 18.2 Å². The average molecular weight is 510 g/mol. The van der Waals surface area contributed by atoms with Gasteiger partial charge in [0.15, 0.2) is 11.5 Å². The van der Waals surface area contributed by atoms with Gasteiger partial charge in [0.05, 0.1) is 7.11 Å². The van der Waals surface area contributed by atoms with Crippen LogP contribution in [0, 0.1) is 11.8 Å². The molecule has 0 aliphatic rings. The van der Waals surface area contributed by atoms with Gasteiger partial charge in [-0.1, -0.05) is 33.8 Å². The molecule has 0 aliphatic carbocycles. The van der Waals surface area contributed by atoms with Gasteiger partial charge >= 0.3 is 24.1 Å². The maximum Gasteiger partial charge on any atom is 0.508 e. The number of benzene rings is 1. The second kappa shape index (κ2) is 15.8. The van der Waals surface area contributed by atoms with Gasteiger partial charge in [-0.15, -0.1) is 0 Å². The monoisotopic (exact) mass is 509 g/mol. The number of aliphatic carboxylic acids is 1. The molecule has 0 bridgehead atoms. The third-order valence-electron chi connectivity index (χ3n) is 5.16. The number of esters is 2. The van der Waals surface area contributed by atoms with Crippen molar-refractivity contribution in [2.24, 2.45) is 11.8 Å². The molecule has 0 amide bonds. The lowest BCUT2D eigenvalue weighted by atomic mass is 10.0. The van der Waals surface area contributed by atoms with Crippen LogP contribution in [0.2, 0.25) is 0 Å². The highest BCUT2D eigenvalue weighted by Gasteiger charge is 2.22. The van der Waals surface area contributed by atoms with E-state index in [1.807, 2.05) is 27.7 Å². The van der Waals surface area contributed by atoms with Gasteiger partial charge in [-0.3, -0.25) is 14.4 Å². The smallest absolute Gasteiger partial charge is 0.480 e. The number of methoxy groups -OCH3 is 1. The lowest BCUT2D eigenvalue weighted by molar-refractivity contribution is -0.139. The van der Waals surface area contributed by atoms with Gasteiger partial charge in [-0.05, 0) is 55.7 Å². The largest absolute Gasteiger partial charge is 0.508 e. The number of carboxylic acids is 1. The van der Waals surface area contributed by atoms with Crippen molar-refractivity contribution in [2.45, 2.75) is 78.9 Å². The Balaban J connectivity index is 3.01. The summed E-state index contributed by atoms with van der Waals surface area (Å²) in [5.41, 5.74) is 0.546. The van der Waals surface area contributed by atoms with Crippen molar-refractivity contribution in [3.05, 3.63) is 23.8 Å². The number of nitrogens with one attached hydrogen (secondary N) is 1. The summed E-state index contributed by atoms with van der Waals surface area (Å²) in [7, 11) is 1.18. The van der Waals surface area contributed by atoms with Crippen LogP contribution in [-0.2, 0) is 30.3 Å². The molecule has 0 heterocycles. The number of hydrogen-bond donors (Lipinski definition) is 2. The minimum atomic E-state index is -1.11. The van der Waals surface area contributed by atoms with Crippen LogP contribution in [0.5, 0.6) is 11.5 Å². The molecular weight excluding hydrogens is 470 g/mol. The fraction of sp³-hybridized carbons (Fsp3) is 0.615. The number of ether oxygens (including phenoxy) is 4. The van der Waals surface area contributed by atoms with Crippen molar-refractivity contribution in [1.29, 1.82) is 0 Å². The van der Waals surface area contributed by atoms with Crippen molar-refractivity contribution < 1.29 is 43.2 Å². The van der Waals surface area contributed by atoms with Crippen molar-refractivity contribution in [3.8, 4) is 11.5 Å². The highest BCUT2D eigenvalue weighted by Crippen LogP contribution is 2.30. The summed E-state index contributed by atoms with van der Waals surface area (Å²) in [5, 5.41) is 12.5. The molecule has 1 rings (SSSR count).